The molecule has 0 aliphatic carbocycles. The average molecular weight is 506 g/mol. The summed E-state index contributed by atoms with van der Waals surface area (Å²) < 4.78 is 2.62. The minimum atomic E-state index is -2.09. The summed E-state index contributed by atoms with van der Waals surface area (Å²) in [6.45, 7) is 0. The number of nitro groups is 1. The molecule has 3 N–H and O–H groups in total. The number of nitrogens with zero attached hydrogens (tertiary/aromatic N) is 1. The molecule has 0 aromatic heterocycles. The summed E-state index contributed by atoms with van der Waals surface area (Å²) in [6.07, 6.45) is -1.38. The number of carbonyl (C=O) groups is 2. The molecule has 2 aromatic rings. The molecule has 31 heavy (non-hydrogen) atoms. The number of para-hydroxylation sites is 2. The zero-order valence-corrected chi connectivity index (χ0v) is 18.8. The summed E-state index contributed by atoms with van der Waals surface area (Å²) >= 11 is 23.0. The van der Waals surface area contributed by atoms with E-state index >= 15 is 0 Å². The number of methoxy groups -OCH3 is 1. The number of thiocarbonyl (C=S) groups is 1. The molecule has 2 aromatic carbocycles. The Bertz CT molecular complexity index is 1020. The van der Waals surface area contributed by atoms with E-state index in [2.05, 4.69) is 16.0 Å². The second-order valence-electron chi connectivity index (χ2n) is 5.86. The number of rotatable bonds is 6. The van der Waals surface area contributed by atoms with Gasteiger partial charge in [-0.25, -0.2) is 4.79 Å². The van der Waals surface area contributed by atoms with Crippen LogP contribution in [0.4, 0.5) is 11.4 Å². The quantitative estimate of drug-likeness (QED) is 0.135. The molecule has 0 radical (unpaired) electrons. The lowest BCUT2D eigenvalue weighted by Gasteiger charge is -2.28. The molecule has 2 rings (SSSR count). The lowest BCUT2D eigenvalue weighted by atomic mass is 10.1. The monoisotopic (exact) mass is 504 g/mol. The number of carbonyl (C=O) groups excluding carboxylic acids is 2. The van der Waals surface area contributed by atoms with Crippen LogP contribution in [-0.4, -0.2) is 39.0 Å². The summed E-state index contributed by atoms with van der Waals surface area (Å²) in [6, 6.07) is 11.7. The third kappa shape index (κ3) is 6.66. The standard InChI is InChI=1S/C18H15Cl3N4O5S/c1-30-15(27)10-6-2-4-8-12(10)22-17(31)24-16(18(19,20)21)23-14(26)11-7-3-5-9-13(11)25(28)29/h2-9,16H,1H3,(H,23,26)(H2,22,24,31)/t16-/m1/s1. The minimum Gasteiger partial charge on any atom is -0.465 e. The van der Waals surface area contributed by atoms with Gasteiger partial charge in [0.1, 0.15) is 11.7 Å². The fourth-order valence-electron chi connectivity index (χ4n) is 2.40. The number of alkyl halides is 3. The fourth-order valence-corrected chi connectivity index (χ4v) is 2.96. The first kappa shape index (κ1) is 24.6. The lowest BCUT2D eigenvalue weighted by Crippen LogP contribution is -2.56. The Morgan fingerprint density at radius 1 is 1.06 bits per heavy atom. The Hall–Kier alpha value is -2.66. The first-order valence-electron chi connectivity index (χ1n) is 8.40. The van der Waals surface area contributed by atoms with E-state index in [0.717, 1.165) is 0 Å². The van der Waals surface area contributed by atoms with Crippen molar-refractivity contribution in [2.75, 3.05) is 12.4 Å². The van der Waals surface area contributed by atoms with Crippen molar-refractivity contribution in [3.63, 3.8) is 0 Å². The molecule has 0 saturated heterocycles. The SMILES string of the molecule is COC(=O)c1ccccc1NC(=S)N[C@@H](NC(=O)c1ccccc1[N+](=O)[O-])C(Cl)(Cl)Cl. The van der Waals surface area contributed by atoms with Gasteiger partial charge in [0, 0.05) is 6.07 Å². The van der Waals surface area contributed by atoms with Gasteiger partial charge >= 0.3 is 5.97 Å². The number of anilines is 1. The van der Waals surface area contributed by atoms with E-state index in [1.165, 1.54) is 37.4 Å². The van der Waals surface area contributed by atoms with Crippen molar-refractivity contribution in [1.82, 2.24) is 10.6 Å². The van der Waals surface area contributed by atoms with Crippen LogP contribution in [0.1, 0.15) is 20.7 Å². The third-order valence-electron chi connectivity index (χ3n) is 3.80. The number of esters is 1. The van der Waals surface area contributed by atoms with Gasteiger partial charge in [0.15, 0.2) is 5.11 Å². The Morgan fingerprint density at radius 3 is 2.23 bits per heavy atom. The summed E-state index contributed by atoms with van der Waals surface area (Å²) in [7, 11) is 1.23. The second kappa shape index (κ2) is 10.6. The molecule has 0 saturated carbocycles. The highest BCUT2D eigenvalue weighted by molar-refractivity contribution is 7.80. The first-order valence-corrected chi connectivity index (χ1v) is 9.94. The predicted molar refractivity (Wildman–Crippen MR) is 122 cm³/mol. The van der Waals surface area contributed by atoms with E-state index in [9.17, 15) is 19.7 Å². The van der Waals surface area contributed by atoms with Crippen molar-refractivity contribution >= 4 is 75.4 Å². The van der Waals surface area contributed by atoms with Crippen LogP contribution in [0.25, 0.3) is 0 Å². The number of ether oxygens (including phenoxy) is 1. The molecule has 0 fully saturated rings. The Labute approximate surface area is 197 Å². The molecule has 1 amide bonds. The van der Waals surface area contributed by atoms with E-state index < -0.39 is 32.4 Å². The zero-order chi connectivity index (χ0) is 23.2. The van der Waals surface area contributed by atoms with Crippen LogP contribution in [-0.2, 0) is 4.74 Å². The van der Waals surface area contributed by atoms with Crippen LogP contribution in [0.3, 0.4) is 0 Å². The molecule has 0 unspecified atom stereocenters. The number of hydrogen-bond donors (Lipinski definition) is 3. The minimum absolute atomic E-state index is 0.101. The maximum atomic E-state index is 12.6. The fraction of sp³-hybridized carbons (Fsp3) is 0.167. The van der Waals surface area contributed by atoms with Gasteiger partial charge in [-0.05, 0) is 30.4 Å². The first-order chi connectivity index (χ1) is 14.5. The molecule has 1 atom stereocenters. The number of nitrogens with one attached hydrogen (secondary N) is 3. The highest BCUT2D eigenvalue weighted by Crippen LogP contribution is 2.30. The van der Waals surface area contributed by atoms with Gasteiger partial charge in [-0.1, -0.05) is 59.1 Å². The van der Waals surface area contributed by atoms with Crippen LogP contribution in [0.2, 0.25) is 0 Å². The summed E-state index contributed by atoms with van der Waals surface area (Å²) in [4.78, 5) is 34.9. The van der Waals surface area contributed by atoms with Crippen molar-refractivity contribution in [2.24, 2.45) is 0 Å². The second-order valence-corrected chi connectivity index (χ2v) is 8.64. The van der Waals surface area contributed by atoms with Gasteiger partial charge < -0.3 is 20.7 Å². The van der Waals surface area contributed by atoms with Crippen LogP contribution in [0.15, 0.2) is 48.5 Å². The maximum Gasteiger partial charge on any atom is 0.339 e. The number of hydrogen-bond acceptors (Lipinski definition) is 6. The van der Waals surface area contributed by atoms with Crippen LogP contribution in [0.5, 0.6) is 0 Å². The molecule has 0 aliphatic rings. The molecule has 0 aliphatic heterocycles. The molecular formula is C18H15Cl3N4O5S. The normalized spacial score (nSPS) is 11.7. The number of amides is 1. The Kier molecular flexibility index (Phi) is 8.40. The summed E-state index contributed by atoms with van der Waals surface area (Å²) in [5.41, 5.74) is -0.150. The van der Waals surface area contributed by atoms with Crippen molar-refractivity contribution in [3.05, 3.63) is 69.8 Å². The maximum absolute atomic E-state index is 12.6. The number of nitro benzene ring substituents is 1. The van der Waals surface area contributed by atoms with E-state index in [1.807, 2.05) is 0 Å². The van der Waals surface area contributed by atoms with Gasteiger partial charge in [0.25, 0.3) is 11.6 Å². The summed E-state index contributed by atoms with van der Waals surface area (Å²) in [5, 5.41) is 18.8. The van der Waals surface area contributed by atoms with Crippen molar-refractivity contribution in [3.8, 4) is 0 Å². The van der Waals surface area contributed by atoms with E-state index in [0.29, 0.717) is 5.69 Å². The van der Waals surface area contributed by atoms with Gasteiger partial charge in [0.05, 0.1) is 23.3 Å². The van der Waals surface area contributed by atoms with E-state index in [-0.39, 0.29) is 16.2 Å². The van der Waals surface area contributed by atoms with Gasteiger partial charge in [-0.3, -0.25) is 14.9 Å². The van der Waals surface area contributed by atoms with Gasteiger partial charge in [-0.2, -0.15) is 0 Å². The van der Waals surface area contributed by atoms with Gasteiger partial charge in [-0.15, -0.1) is 0 Å². The predicted octanol–water partition coefficient (Wildman–Crippen LogP) is 3.79. The Balaban J connectivity index is 2.20. The van der Waals surface area contributed by atoms with Crippen molar-refractivity contribution in [1.29, 1.82) is 0 Å². The van der Waals surface area contributed by atoms with Gasteiger partial charge in [0.2, 0.25) is 3.79 Å². The topological polar surface area (TPSA) is 123 Å². The molecular weight excluding hydrogens is 491 g/mol. The van der Waals surface area contributed by atoms with Crippen LogP contribution < -0.4 is 16.0 Å². The Morgan fingerprint density at radius 2 is 1.65 bits per heavy atom. The number of halogens is 3. The molecule has 0 bridgehead atoms. The van der Waals surface area contributed by atoms with Crippen LogP contribution >= 0.6 is 47.0 Å². The average Bonchev–Trinajstić information content (AvgIpc) is 2.72. The van der Waals surface area contributed by atoms with E-state index in [1.54, 1.807) is 18.2 Å². The van der Waals surface area contributed by atoms with Crippen LogP contribution in [0, 0.1) is 10.1 Å². The molecule has 164 valence electrons. The molecule has 13 heteroatoms. The molecule has 0 heterocycles. The van der Waals surface area contributed by atoms with E-state index in [4.69, 9.17) is 51.8 Å². The summed E-state index contributed by atoms with van der Waals surface area (Å²) in [5.74, 6) is -1.47. The largest absolute Gasteiger partial charge is 0.465 e. The highest BCUT2D eigenvalue weighted by Gasteiger charge is 2.36. The molecule has 0 spiro atoms. The third-order valence-corrected chi connectivity index (χ3v) is 4.68. The van der Waals surface area contributed by atoms with Crippen molar-refractivity contribution in [2.45, 2.75) is 9.96 Å². The number of benzene rings is 2. The zero-order valence-electron chi connectivity index (χ0n) is 15.7. The smallest absolute Gasteiger partial charge is 0.339 e. The molecule has 9 nitrogen and oxygen atoms in total. The highest BCUT2D eigenvalue weighted by atomic mass is 35.6. The lowest BCUT2D eigenvalue weighted by molar-refractivity contribution is -0.385. The van der Waals surface area contributed by atoms with Crippen molar-refractivity contribution < 1.29 is 19.2 Å².